The number of imide groups is 1. The van der Waals surface area contributed by atoms with Crippen LogP contribution in [0.2, 0.25) is 0 Å². The number of esters is 2. The minimum absolute atomic E-state index is 0. The highest BCUT2D eigenvalue weighted by Gasteiger charge is 2.55. The zero-order chi connectivity index (χ0) is 37.7. The normalized spacial score (nSPS) is 23.7. The van der Waals surface area contributed by atoms with Crippen molar-refractivity contribution in [2.45, 2.75) is 91.4 Å². The lowest BCUT2D eigenvalue weighted by Gasteiger charge is -2.44. The van der Waals surface area contributed by atoms with Crippen LogP contribution in [0.1, 0.15) is 65.7 Å². The molecule has 2 aliphatic rings. The summed E-state index contributed by atoms with van der Waals surface area (Å²) in [4.78, 5) is 53.4. The number of hydrogen-bond acceptors (Lipinski definition) is 11. The van der Waals surface area contributed by atoms with Crippen LogP contribution in [0, 0.1) is 12.3 Å². The molecule has 2 N–H and O–H groups in total. The molecule has 6 atom stereocenters. The molecule has 2 heterocycles. The van der Waals surface area contributed by atoms with E-state index in [1.165, 1.54) is 58.3 Å². The van der Waals surface area contributed by atoms with E-state index in [0.29, 0.717) is 29.6 Å². The SMILES string of the molecule is C.C.C#Cc1ccc(N2C(=O)N(C)C(C)(c3ccc(O[C@@H]4O[C@H](COCCC)[C@@H](OCOC)[C@H](OC(C)=O)[C@H]4OC(C)=O)cc3)C2=O)cc1C(F)(F)F.O. The first-order valence-corrected chi connectivity index (χ1v) is 15.8. The number of rotatable bonds is 13. The number of ether oxygens (including phenoxy) is 7. The van der Waals surface area contributed by atoms with Crippen molar-refractivity contribution in [2.24, 2.45) is 0 Å². The first-order valence-electron chi connectivity index (χ1n) is 15.8. The van der Waals surface area contributed by atoms with Crippen molar-refractivity contribution in [2.75, 3.05) is 39.1 Å². The van der Waals surface area contributed by atoms with Crippen LogP contribution in [0.3, 0.4) is 0 Å². The number of amides is 3. The summed E-state index contributed by atoms with van der Waals surface area (Å²) in [7, 11) is 2.75. The van der Waals surface area contributed by atoms with E-state index < -0.39 is 77.4 Å². The third kappa shape index (κ3) is 9.87. The van der Waals surface area contributed by atoms with Gasteiger partial charge in [-0.15, -0.1) is 6.42 Å². The monoisotopic (exact) mass is 770 g/mol. The molecular formula is C37H49F3N2O12. The van der Waals surface area contributed by atoms with Gasteiger partial charge < -0.3 is 43.5 Å². The maximum Gasteiger partial charge on any atom is 0.417 e. The molecule has 2 aromatic carbocycles. The molecular weight excluding hydrogens is 721 g/mol. The molecule has 2 aliphatic heterocycles. The Labute approximate surface area is 313 Å². The van der Waals surface area contributed by atoms with Gasteiger partial charge in [0, 0.05) is 40.2 Å². The van der Waals surface area contributed by atoms with Crippen molar-refractivity contribution >= 4 is 29.6 Å². The summed E-state index contributed by atoms with van der Waals surface area (Å²) in [5.74, 6) is -0.0936. The number of hydrogen-bond donors (Lipinski definition) is 0. The molecule has 0 radical (unpaired) electrons. The first kappa shape index (κ1) is 47.3. The third-order valence-corrected chi connectivity index (χ3v) is 8.36. The largest absolute Gasteiger partial charge is 0.461 e. The van der Waals surface area contributed by atoms with Gasteiger partial charge in [-0.1, -0.05) is 39.8 Å². The number of carbonyl (C=O) groups excluding carboxylic acids is 4. The van der Waals surface area contributed by atoms with Crippen molar-refractivity contribution in [1.29, 1.82) is 0 Å². The molecule has 0 aromatic heterocycles. The number of urea groups is 1. The number of methoxy groups -OCH3 is 1. The quantitative estimate of drug-likeness (QED) is 0.0899. The predicted octanol–water partition coefficient (Wildman–Crippen LogP) is 4.83. The van der Waals surface area contributed by atoms with Crippen molar-refractivity contribution in [3.8, 4) is 18.1 Å². The van der Waals surface area contributed by atoms with Crippen molar-refractivity contribution in [3.05, 3.63) is 59.2 Å². The van der Waals surface area contributed by atoms with E-state index in [2.05, 4.69) is 0 Å². The molecule has 14 nitrogen and oxygen atoms in total. The second kappa shape index (κ2) is 19.6. The lowest BCUT2D eigenvalue weighted by atomic mass is 9.90. The summed E-state index contributed by atoms with van der Waals surface area (Å²) < 4.78 is 81.2. The molecule has 300 valence electrons. The second-order valence-corrected chi connectivity index (χ2v) is 11.9. The van der Waals surface area contributed by atoms with E-state index in [9.17, 15) is 32.3 Å². The number of nitrogens with zero attached hydrogens (tertiary/aromatic N) is 2. The van der Waals surface area contributed by atoms with E-state index >= 15 is 0 Å². The van der Waals surface area contributed by atoms with E-state index in [0.717, 1.165) is 17.9 Å². The summed E-state index contributed by atoms with van der Waals surface area (Å²) in [5.41, 5.74) is -3.25. The number of anilines is 1. The number of likely N-dealkylation sites (N-methyl/N-ethyl adjacent to an activating group) is 1. The van der Waals surface area contributed by atoms with Crippen LogP contribution in [-0.4, -0.2) is 99.1 Å². The summed E-state index contributed by atoms with van der Waals surface area (Å²) in [6.45, 7) is 5.89. The Morgan fingerprint density at radius 1 is 1.00 bits per heavy atom. The van der Waals surface area contributed by atoms with Crippen LogP contribution in [0.4, 0.5) is 23.7 Å². The zero-order valence-corrected chi connectivity index (χ0v) is 29.4. The smallest absolute Gasteiger partial charge is 0.417 e. The van der Waals surface area contributed by atoms with Gasteiger partial charge in [-0.2, -0.15) is 13.2 Å². The lowest BCUT2D eigenvalue weighted by Crippen LogP contribution is -2.63. The molecule has 0 spiro atoms. The molecule has 2 aromatic rings. The summed E-state index contributed by atoms with van der Waals surface area (Å²) in [6.07, 6.45) is -4.61. The Morgan fingerprint density at radius 2 is 1.61 bits per heavy atom. The molecule has 54 heavy (non-hydrogen) atoms. The number of carbonyl (C=O) groups is 4. The van der Waals surface area contributed by atoms with E-state index in [1.54, 1.807) is 0 Å². The van der Waals surface area contributed by atoms with Gasteiger partial charge in [0.25, 0.3) is 5.91 Å². The number of halogens is 3. The van der Waals surface area contributed by atoms with E-state index in [-0.39, 0.29) is 45.2 Å². The topological polar surface area (TPSA) is 171 Å². The van der Waals surface area contributed by atoms with Crippen LogP contribution in [-0.2, 0) is 54.5 Å². The molecule has 0 bridgehead atoms. The Morgan fingerprint density at radius 3 is 2.15 bits per heavy atom. The standard InChI is InChI=1S/C35H39F3N2O11.2CH4.H2O/c1-8-16-46-18-27-28(47-19-45-7)29(48-20(3)41)30(49-21(4)42)31(51-27)50-25-14-11-23(12-15-25)34(5)32(43)40(33(44)39(34)6)24-13-10-22(9-2)26(17-24)35(36,37)38;;;/h2,10-15,17,27-31H,8,16,18-19H2,1,3-7H3;2*1H4;1H2/t27-,28-,29+,30-,31-,34?;;;/m1.../s1. The molecule has 4 rings (SSSR count). The molecule has 2 saturated heterocycles. The van der Waals surface area contributed by atoms with Gasteiger partial charge in [-0.05, 0) is 49.2 Å². The summed E-state index contributed by atoms with van der Waals surface area (Å²) in [5, 5.41) is 0. The van der Waals surface area contributed by atoms with Crippen LogP contribution in [0.15, 0.2) is 42.5 Å². The maximum atomic E-state index is 13.9. The van der Waals surface area contributed by atoms with Crippen molar-refractivity contribution < 1.29 is 71.0 Å². The van der Waals surface area contributed by atoms with Crippen LogP contribution in [0.5, 0.6) is 5.75 Å². The molecule has 3 amide bonds. The number of alkyl halides is 3. The van der Waals surface area contributed by atoms with Crippen LogP contribution in [0.25, 0.3) is 0 Å². The van der Waals surface area contributed by atoms with Gasteiger partial charge in [0.2, 0.25) is 12.4 Å². The Kier molecular flexibility index (Phi) is 17.1. The van der Waals surface area contributed by atoms with Crippen molar-refractivity contribution in [1.82, 2.24) is 4.90 Å². The average Bonchev–Trinajstić information content (AvgIpc) is 3.25. The summed E-state index contributed by atoms with van der Waals surface area (Å²) >= 11 is 0. The number of terminal acetylenes is 1. The highest BCUT2D eigenvalue weighted by Crippen LogP contribution is 2.41. The van der Waals surface area contributed by atoms with E-state index in [4.69, 9.17) is 39.6 Å². The molecule has 2 fully saturated rings. The summed E-state index contributed by atoms with van der Waals surface area (Å²) in [6, 6.07) is 7.91. The van der Waals surface area contributed by atoms with E-state index in [1.807, 2.05) is 12.8 Å². The van der Waals surface area contributed by atoms with Gasteiger partial charge in [-0.3, -0.25) is 14.4 Å². The molecule has 1 unspecified atom stereocenters. The maximum absolute atomic E-state index is 13.9. The lowest BCUT2D eigenvalue weighted by molar-refractivity contribution is -0.301. The fraction of sp³-hybridized carbons (Fsp3) is 0.514. The Balaban J connectivity index is 0.00000486. The van der Waals surface area contributed by atoms with Gasteiger partial charge in [0.1, 0.15) is 30.3 Å². The van der Waals surface area contributed by atoms with Gasteiger partial charge >= 0.3 is 24.1 Å². The number of benzene rings is 2. The molecule has 0 saturated carbocycles. The molecule has 0 aliphatic carbocycles. The predicted molar refractivity (Wildman–Crippen MR) is 189 cm³/mol. The fourth-order valence-electron chi connectivity index (χ4n) is 5.80. The minimum atomic E-state index is -4.83. The second-order valence-electron chi connectivity index (χ2n) is 11.9. The third-order valence-electron chi connectivity index (χ3n) is 8.36. The van der Waals surface area contributed by atoms with Crippen LogP contribution < -0.4 is 9.64 Å². The average molecular weight is 771 g/mol. The highest BCUT2D eigenvalue weighted by molar-refractivity contribution is 6.23. The highest BCUT2D eigenvalue weighted by atomic mass is 19.4. The molecule has 17 heteroatoms. The van der Waals surface area contributed by atoms with Gasteiger partial charge in [-0.25, -0.2) is 9.69 Å². The van der Waals surface area contributed by atoms with Crippen LogP contribution >= 0.6 is 0 Å². The Hall–Kier alpha value is -4.73. The van der Waals surface area contributed by atoms with Gasteiger partial charge in [0.15, 0.2) is 6.10 Å². The van der Waals surface area contributed by atoms with Gasteiger partial charge in [0.05, 0.1) is 17.9 Å². The first-order chi connectivity index (χ1) is 24.1. The minimum Gasteiger partial charge on any atom is -0.461 e. The fourth-order valence-corrected chi connectivity index (χ4v) is 5.80. The zero-order valence-electron chi connectivity index (χ0n) is 29.4. The van der Waals surface area contributed by atoms with Crippen molar-refractivity contribution in [3.63, 3.8) is 0 Å². The Bertz CT molecular complexity index is 1650.